The molecule has 2 aromatic carbocycles. The molecule has 0 atom stereocenters. The summed E-state index contributed by atoms with van der Waals surface area (Å²) in [5.41, 5.74) is 5.46. The average Bonchev–Trinajstić information content (AvgIpc) is 3.27. The molecule has 2 heterocycles. The smallest absolute Gasteiger partial charge is 0.268 e. The Balaban J connectivity index is 1.52. The second-order valence-electron chi connectivity index (χ2n) is 6.84. The van der Waals surface area contributed by atoms with Gasteiger partial charge in [-0.15, -0.1) is 0 Å². The van der Waals surface area contributed by atoms with Crippen LogP contribution < -0.4 is 5.32 Å². The van der Waals surface area contributed by atoms with Crippen LogP contribution in [-0.4, -0.2) is 17.0 Å². The Bertz CT molecular complexity index is 1110. The highest BCUT2D eigenvalue weighted by Crippen LogP contribution is 2.23. The zero-order valence-electron chi connectivity index (χ0n) is 15.6. The van der Waals surface area contributed by atoms with E-state index < -0.39 is 0 Å². The number of amides is 1. The molecule has 0 saturated carbocycles. The Morgan fingerprint density at radius 1 is 1.11 bits per heavy atom. The number of carbonyl (C=O) groups excluding carboxylic acids is 1. The number of fused-ring (bicyclic) bond motifs is 1. The maximum absolute atomic E-state index is 13.0. The van der Waals surface area contributed by atoms with E-state index in [0.717, 1.165) is 16.6 Å². The van der Waals surface area contributed by atoms with E-state index in [1.165, 1.54) is 17.7 Å². The lowest BCUT2D eigenvalue weighted by Gasteiger charge is -2.12. The molecule has 1 N–H and O–H groups in total. The molecule has 2 aromatic heterocycles. The Labute approximate surface area is 162 Å². The van der Waals surface area contributed by atoms with Gasteiger partial charge >= 0.3 is 0 Å². The van der Waals surface area contributed by atoms with Crippen molar-refractivity contribution in [3.8, 4) is 0 Å². The van der Waals surface area contributed by atoms with Crippen LogP contribution in [-0.2, 0) is 13.0 Å². The zero-order chi connectivity index (χ0) is 19.5. The quantitative estimate of drug-likeness (QED) is 0.530. The van der Waals surface area contributed by atoms with Crippen LogP contribution in [0.3, 0.4) is 0 Å². The Morgan fingerprint density at radius 3 is 2.68 bits per heavy atom. The van der Waals surface area contributed by atoms with Crippen molar-refractivity contribution in [3.63, 3.8) is 0 Å². The maximum atomic E-state index is 13.0. The highest BCUT2D eigenvalue weighted by Gasteiger charge is 2.18. The number of hydrogen-bond donors (Lipinski definition) is 1. The lowest BCUT2D eigenvalue weighted by molar-refractivity contribution is 0.0945. The second-order valence-corrected chi connectivity index (χ2v) is 6.84. The molecule has 28 heavy (non-hydrogen) atoms. The summed E-state index contributed by atoms with van der Waals surface area (Å²) in [5.74, 6) is -0.411. The highest BCUT2D eigenvalue weighted by molar-refractivity contribution is 5.97. The Kier molecular flexibility index (Phi) is 4.98. The molecule has 0 radical (unpaired) electrons. The summed E-state index contributed by atoms with van der Waals surface area (Å²) in [7, 11) is 0. The van der Waals surface area contributed by atoms with Gasteiger partial charge in [-0.05, 0) is 42.2 Å². The molecule has 4 aromatic rings. The molecule has 5 heteroatoms. The van der Waals surface area contributed by atoms with Crippen LogP contribution in [0.1, 0.15) is 27.2 Å². The first kappa shape index (κ1) is 18.0. The Morgan fingerprint density at radius 2 is 1.89 bits per heavy atom. The number of halogens is 1. The van der Waals surface area contributed by atoms with Crippen LogP contribution in [0.15, 0.2) is 71.3 Å². The number of carbonyl (C=O) groups is 1. The highest BCUT2D eigenvalue weighted by atomic mass is 19.1. The van der Waals surface area contributed by atoms with E-state index in [1.54, 1.807) is 24.5 Å². The standard InChI is InChI=1S/C23H21FN2O2/c1-16-4-2-3-5-18(16)15-26-20-11-13-28-22(20)14-21(26)23(27)25-12-10-17-6-8-19(24)9-7-17/h2-9,11,13-14H,10,12,15H2,1H3,(H,25,27). The van der Waals surface area contributed by atoms with Gasteiger partial charge in [-0.25, -0.2) is 4.39 Å². The van der Waals surface area contributed by atoms with Gasteiger partial charge in [0.25, 0.3) is 5.91 Å². The van der Waals surface area contributed by atoms with Gasteiger partial charge in [-0.1, -0.05) is 36.4 Å². The number of hydrogen-bond acceptors (Lipinski definition) is 2. The Hall–Kier alpha value is -3.34. The normalized spacial score (nSPS) is 11.1. The largest absolute Gasteiger partial charge is 0.463 e. The molecular formula is C23H21FN2O2. The molecule has 4 nitrogen and oxygen atoms in total. The third-order valence-corrected chi connectivity index (χ3v) is 4.96. The molecule has 0 fully saturated rings. The van der Waals surface area contributed by atoms with Crippen LogP contribution in [0, 0.1) is 12.7 Å². The van der Waals surface area contributed by atoms with Gasteiger partial charge in [0.05, 0.1) is 11.8 Å². The first-order chi connectivity index (χ1) is 13.6. The van der Waals surface area contributed by atoms with E-state index in [9.17, 15) is 9.18 Å². The van der Waals surface area contributed by atoms with E-state index in [1.807, 2.05) is 22.8 Å². The fraction of sp³-hybridized carbons (Fsp3) is 0.174. The van der Waals surface area contributed by atoms with Crippen LogP contribution in [0.2, 0.25) is 0 Å². The molecule has 0 saturated heterocycles. The van der Waals surface area contributed by atoms with E-state index in [-0.39, 0.29) is 11.7 Å². The third-order valence-electron chi connectivity index (χ3n) is 4.96. The number of nitrogens with one attached hydrogen (secondary N) is 1. The van der Waals surface area contributed by atoms with E-state index in [0.29, 0.717) is 30.8 Å². The van der Waals surface area contributed by atoms with Crippen molar-refractivity contribution >= 4 is 17.0 Å². The van der Waals surface area contributed by atoms with Crippen molar-refractivity contribution in [1.29, 1.82) is 0 Å². The van der Waals surface area contributed by atoms with E-state index in [2.05, 4.69) is 24.4 Å². The molecule has 0 aliphatic rings. The summed E-state index contributed by atoms with van der Waals surface area (Å²) in [4.78, 5) is 12.8. The summed E-state index contributed by atoms with van der Waals surface area (Å²) in [6.07, 6.45) is 2.27. The summed E-state index contributed by atoms with van der Waals surface area (Å²) in [6.45, 7) is 3.13. The molecule has 0 spiro atoms. The van der Waals surface area contributed by atoms with E-state index in [4.69, 9.17) is 4.42 Å². The number of furan rings is 1. The maximum Gasteiger partial charge on any atom is 0.268 e. The molecule has 0 bridgehead atoms. The van der Waals surface area contributed by atoms with Gasteiger partial charge in [0.15, 0.2) is 5.58 Å². The summed E-state index contributed by atoms with van der Waals surface area (Å²) in [6, 6.07) is 18.1. The molecule has 1 amide bonds. The molecule has 0 unspecified atom stereocenters. The minimum Gasteiger partial charge on any atom is -0.463 e. The van der Waals surface area contributed by atoms with Gasteiger partial charge in [0.2, 0.25) is 0 Å². The monoisotopic (exact) mass is 376 g/mol. The van der Waals surface area contributed by atoms with Crippen molar-refractivity contribution in [1.82, 2.24) is 9.88 Å². The summed E-state index contributed by atoms with van der Waals surface area (Å²) in [5, 5.41) is 2.96. The number of rotatable bonds is 6. The third kappa shape index (κ3) is 3.69. The SMILES string of the molecule is Cc1ccccc1Cn1c(C(=O)NCCc2ccc(F)cc2)cc2occc21. The number of nitrogens with zero attached hydrogens (tertiary/aromatic N) is 1. The van der Waals surface area contributed by atoms with Crippen LogP contribution in [0.5, 0.6) is 0 Å². The first-order valence-electron chi connectivity index (χ1n) is 9.26. The topological polar surface area (TPSA) is 47.2 Å². The van der Waals surface area contributed by atoms with Crippen LogP contribution >= 0.6 is 0 Å². The molecular weight excluding hydrogens is 355 g/mol. The van der Waals surface area contributed by atoms with Gasteiger partial charge in [0, 0.05) is 25.2 Å². The molecule has 0 aliphatic heterocycles. The first-order valence-corrected chi connectivity index (χ1v) is 9.26. The van der Waals surface area contributed by atoms with Gasteiger partial charge in [-0.3, -0.25) is 4.79 Å². The zero-order valence-corrected chi connectivity index (χ0v) is 15.6. The fourth-order valence-corrected chi connectivity index (χ4v) is 3.36. The van der Waals surface area contributed by atoms with E-state index >= 15 is 0 Å². The molecule has 4 rings (SSSR count). The molecule has 142 valence electrons. The minimum atomic E-state index is -0.260. The van der Waals surface area contributed by atoms with Crippen molar-refractivity contribution < 1.29 is 13.6 Å². The molecule has 0 aliphatic carbocycles. The fourth-order valence-electron chi connectivity index (χ4n) is 3.36. The van der Waals surface area contributed by atoms with Crippen LogP contribution in [0.25, 0.3) is 11.1 Å². The number of aryl methyl sites for hydroxylation is 1. The van der Waals surface area contributed by atoms with Crippen molar-refractivity contribution in [3.05, 3.63) is 95.1 Å². The van der Waals surface area contributed by atoms with Gasteiger partial charge in [0.1, 0.15) is 11.5 Å². The average molecular weight is 376 g/mol. The van der Waals surface area contributed by atoms with Crippen molar-refractivity contribution in [2.45, 2.75) is 19.9 Å². The van der Waals surface area contributed by atoms with Crippen LogP contribution in [0.4, 0.5) is 4.39 Å². The van der Waals surface area contributed by atoms with Crippen molar-refractivity contribution in [2.24, 2.45) is 0 Å². The van der Waals surface area contributed by atoms with Gasteiger partial charge in [-0.2, -0.15) is 0 Å². The lowest BCUT2D eigenvalue weighted by atomic mass is 10.1. The number of benzene rings is 2. The lowest BCUT2D eigenvalue weighted by Crippen LogP contribution is -2.28. The summed E-state index contributed by atoms with van der Waals surface area (Å²) >= 11 is 0. The van der Waals surface area contributed by atoms with Gasteiger partial charge < -0.3 is 14.3 Å². The predicted octanol–water partition coefficient (Wildman–Crippen LogP) is 4.70. The predicted molar refractivity (Wildman–Crippen MR) is 107 cm³/mol. The second kappa shape index (κ2) is 7.72. The summed E-state index contributed by atoms with van der Waals surface area (Å²) < 4.78 is 20.5. The van der Waals surface area contributed by atoms with Crippen molar-refractivity contribution in [2.75, 3.05) is 6.54 Å². The minimum absolute atomic E-state index is 0.151. The number of aromatic nitrogens is 1.